The monoisotopic (exact) mass is 281 g/mol. The highest BCUT2D eigenvalue weighted by atomic mass is 32.2. The van der Waals surface area contributed by atoms with Crippen molar-refractivity contribution in [3.8, 4) is 0 Å². The zero-order valence-corrected chi connectivity index (χ0v) is 12.2. The van der Waals surface area contributed by atoms with Crippen molar-refractivity contribution < 1.29 is 17.9 Å². The summed E-state index contributed by atoms with van der Waals surface area (Å²) in [7, 11) is -0.851. The molecule has 7 nitrogen and oxygen atoms in total. The van der Waals surface area contributed by atoms with Gasteiger partial charge in [-0.15, -0.1) is 0 Å². The van der Waals surface area contributed by atoms with E-state index in [2.05, 4.69) is 14.8 Å². The van der Waals surface area contributed by atoms with Crippen molar-refractivity contribution >= 4 is 16.2 Å². The lowest BCUT2D eigenvalue weighted by Gasteiger charge is -2.19. The first-order chi connectivity index (χ1) is 8.33. The van der Waals surface area contributed by atoms with Gasteiger partial charge in [0.25, 0.3) is 10.2 Å². The Morgan fingerprint density at radius 3 is 2.56 bits per heavy atom. The van der Waals surface area contributed by atoms with Crippen LogP contribution in [0.5, 0.6) is 0 Å². The molecule has 18 heavy (non-hydrogen) atoms. The topological polar surface area (TPSA) is 87.7 Å². The van der Waals surface area contributed by atoms with Crippen LogP contribution < -0.4 is 10.0 Å². The molecule has 8 heteroatoms. The van der Waals surface area contributed by atoms with Gasteiger partial charge in [0, 0.05) is 26.2 Å². The number of carbonyl (C=O) groups is 1. The van der Waals surface area contributed by atoms with Gasteiger partial charge in [-0.3, -0.25) is 4.79 Å². The number of likely N-dealkylation sites (N-methyl/N-ethyl adjacent to an activating group) is 1. The van der Waals surface area contributed by atoms with E-state index in [9.17, 15) is 13.2 Å². The standard InChI is InChI=1S/C10H23N3O4S/c1-5-11-9(2)8-12-18(15,16)13(3)7-6-10(14)17-4/h9,11-12H,5-8H2,1-4H3/t9-/m1/s1. The minimum absolute atomic E-state index is 0.0384. The third-order valence-electron chi connectivity index (χ3n) is 2.39. The first-order valence-corrected chi connectivity index (χ1v) is 7.28. The van der Waals surface area contributed by atoms with E-state index in [1.807, 2.05) is 13.8 Å². The quantitative estimate of drug-likeness (QED) is 0.546. The van der Waals surface area contributed by atoms with Gasteiger partial charge in [0.1, 0.15) is 0 Å². The molecule has 108 valence electrons. The summed E-state index contributed by atoms with van der Waals surface area (Å²) in [5.41, 5.74) is 0. The minimum atomic E-state index is -3.54. The van der Waals surface area contributed by atoms with Crippen LogP contribution in [0.25, 0.3) is 0 Å². The number of hydrogen-bond donors (Lipinski definition) is 2. The third-order valence-corrected chi connectivity index (χ3v) is 3.93. The molecule has 0 spiro atoms. The van der Waals surface area contributed by atoms with E-state index in [0.29, 0.717) is 6.54 Å². The second-order valence-electron chi connectivity index (χ2n) is 3.96. The molecule has 0 aromatic rings. The molecule has 0 bridgehead atoms. The summed E-state index contributed by atoms with van der Waals surface area (Å²) in [4.78, 5) is 10.9. The maximum Gasteiger partial charge on any atom is 0.306 e. The van der Waals surface area contributed by atoms with Crippen LogP contribution in [0.4, 0.5) is 0 Å². The van der Waals surface area contributed by atoms with Gasteiger partial charge in [-0.25, -0.2) is 4.72 Å². The molecular weight excluding hydrogens is 258 g/mol. The van der Waals surface area contributed by atoms with Crippen LogP contribution in [0.15, 0.2) is 0 Å². The largest absolute Gasteiger partial charge is 0.469 e. The van der Waals surface area contributed by atoms with E-state index in [1.54, 1.807) is 0 Å². The van der Waals surface area contributed by atoms with Crippen LogP contribution in [0.2, 0.25) is 0 Å². The van der Waals surface area contributed by atoms with Gasteiger partial charge in [0.2, 0.25) is 0 Å². The number of hydrogen-bond acceptors (Lipinski definition) is 5. The Kier molecular flexibility index (Phi) is 8.08. The second kappa shape index (κ2) is 8.41. The number of methoxy groups -OCH3 is 1. The van der Waals surface area contributed by atoms with Crippen molar-refractivity contribution in [2.45, 2.75) is 26.3 Å². The van der Waals surface area contributed by atoms with E-state index >= 15 is 0 Å². The summed E-state index contributed by atoms with van der Waals surface area (Å²) in [5, 5.41) is 3.10. The molecule has 1 atom stereocenters. The number of esters is 1. The zero-order valence-electron chi connectivity index (χ0n) is 11.4. The molecule has 0 aliphatic rings. The predicted molar refractivity (Wildman–Crippen MR) is 69.3 cm³/mol. The average Bonchev–Trinajstić information content (AvgIpc) is 2.33. The Bertz CT molecular complexity index is 345. The van der Waals surface area contributed by atoms with Crippen molar-refractivity contribution in [2.75, 3.05) is 33.8 Å². The molecule has 0 fully saturated rings. The molecule has 0 radical (unpaired) electrons. The molecule has 2 N–H and O–H groups in total. The molecule has 0 saturated heterocycles. The molecule has 0 unspecified atom stereocenters. The number of nitrogens with one attached hydrogen (secondary N) is 2. The number of nitrogens with zero attached hydrogens (tertiary/aromatic N) is 1. The van der Waals surface area contributed by atoms with Gasteiger partial charge in [-0.05, 0) is 13.5 Å². The number of carbonyl (C=O) groups excluding carboxylic acids is 1. The summed E-state index contributed by atoms with van der Waals surface area (Å²) in [6.07, 6.45) is 0.0384. The lowest BCUT2D eigenvalue weighted by atomic mass is 10.3. The number of ether oxygens (including phenoxy) is 1. The van der Waals surface area contributed by atoms with E-state index in [1.165, 1.54) is 14.2 Å². The lowest BCUT2D eigenvalue weighted by molar-refractivity contribution is -0.140. The van der Waals surface area contributed by atoms with Crippen LogP contribution in [0, 0.1) is 0 Å². The Morgan fingerprint density at radius 2 is 2.06 bits per heavy atom. The lowest BCUT2D eigenvalue weighted by Crippen LogP contribution is -2.44. The van der Waals surface area contributed by atoms with Crippen molar-refractivity contribution in [1.29, 1.82) is 0 Å². The zero-order chi connectivity index (χ0) is 14.2. The summed E-state index contributed by atoms with van der Waals surface area (Å²) in [6.45, 7) is 5.02. The summed E-state index contributed by atoms with van der Waals surface area (Å²) < 4.78 is 31.6. The van der Waals surface area contributed by atoms with Crippen LogP contribution in [0.3, 0.4) is 0 Å². The molecule has 0 saturated carbocycles. The molecule has 0 rings (SSSR count). The van der Waals surface area contributed by atoms with Crippen molar-refractivity contribution in [3.05, 3.63) is 0 Å². The van der Waals surface area contributed by atoms with Crippen LogP contribution >= 0.6 is 0 Å². The fraction of sp³-hybridized carbons (Fsp3) is 0.900. The summed E-state index contributed by atoms with van der Waals surface area (Å²) in [6, 6.07) is 0.0544. The fourth-order valence-electron chi connectivity index (χ4n) is 1.23. The molecule has 0 amide bonds. The van der Waals surface area contributed by atoms with Crippen LogP contribution in [-0.4, -0.2) is 58.5 Å². The summed E-state index contributed by atoms with van der Waals surface area (Å²) >= 11 is 0. The van der Waals surface area contributed by atoms with Crippen LogP contribution in [0.1, 0.15) is 20.3 Å². The van der Waals surface area contributed by atoms with Gasteiger partial charge < -0.3 is 10.1 Å². The van der Waals surface area contributed by atoms with Gasteiger partial charge in [-0.2, -0.15) is 12.7 Å². The Morgan fingerprint density at radius 1 is 1.44 bits per heavy atom. The molecule has 0 aliphatic carbocycles. The van der Waals surface area contributed by atoms with Gasteiger partial charge in [-0.1, -0.05) is 6.92 Å². The Labute approximate surface area is 109 Å². The van der Waals surface area contributed by atoms with Crippen molar-refractivity contribution in [2.24, 2.45) is 0 Å². The molecular formula is C10H23N3O4S. The van der Waals surface area contributed by atoms with E-state index in [4.69, 9.17) is 0 Å². The highest BCUT2D eigenvalue weighted by Gasteiger charge is 2.18. The van der Waals surface area contributed by atoms with Crippen LogP contribution in [-0.2, 0) is 19.7 Å². The highest BCUT2D eigenvalue weighted by molar-refractivity contribution is 7.87. The molecule has 0 aromatic carbocycles. The minimum Gasteiger partial charge on any atom is -0.469 e. The first-order valence-electron chi connectivity index (χ1n) is 5.84. The van der Waals surface area contributed by atoms with E-state index in [-0.39, 0.29) is 19.0 Å². The first kappa shape index (κ1) is 17.3. The summed E-state index contributed by atoms with van der Waals surface area (Å²) in [5.74, 6) is -0.432. The molecule has 0 aromatic heterocycles. The van der Waals surface area contributed by atoms with Gasteiger partial charge in [0.15, 0.2) is 0 Å². The Balaban J connectivity index is 4.15. The second-order valence-corrected chi connectivity index (χ2v) is 5.82. The highest BCUT2D eigenvalue weighted by Crippen LogP contribution is 1.97. The number of rotatable bonds is 9. The van der Waals surface area contributed by atoms with E-state index in [0.717, 1.165) is 10.8 Å². The fourth-order valence-corrected chi connectivity index (χ4v) is 2.24. The van der Waals surface area contributed by atoms with Crippen molar-refractivity contribution in [3.63, 3.8) is 0 Å². The molecule has 0 heterocycles. The Hall–Kier alpha value is -0.700. The normalized spacial score (nSPS) is 13.6. The third kappa shape index (κ3) is 6.90. The molecule has 0 aliphatic heterocycles. The SMILES string of the molecule is CCN[C@H](C)CNS(=O)(=O)N(C)CCC(=O)OC. The predicted octanol–water partition coefficient (Wildman–Crippen LogP) is -0.686. The van der Waals surface area contributed by atoms with Crippen molar-refractivity contribution in [1.82, 2.24) is 14.3 Å². The van der Waals surface area contributed by atoms with Gasteiger partial charge in [0.05, 0.1) is 13.5 Å². The average molecular weight is 281 g/mol. The van der Waals surface area contributed by atoms with E-state index < -0.39 is 16.2 Å². The smallest absolute Gasteiger partial charge is 0.306 e. The maximum atomic E-state index is 11.8. The van der Waals surface area contributed by atoms with Gasteiger partial charge >= 0.3 is 5.97 Å². The maximum absolute atomic E-state index is 11.8.